The van der Waals surface area contributed by atoms with Crippen molar-refractivity contribution in [3.63, 3.8) is 0 Å². The number of rotatable bonds is 4. The van der Waals surface area contributed by atoms with Gasteiger partial charge in [0.2, 0.25) is 5.75 Å². The summed E-state index contributed by atoms with van der Waals surface area (Å²) in [5, 5.41) is 11.9. The van der Waals surface area contributed by atoms with Gasteiger partial charge in [-0.1, -0.05) is 23.5 Å². The van der Waals surface area contributed by atoms with Crippen LogP contribution in [0.2, 0.25) is 0 Å². The topological polar surface area (TPSA) is 111 Å². The van der Waals surface area contributed by atoms with E-state index < -0.39 is 16.3 Å². The number of thiazole rings is 1. The Morgan fingerprint density at radius 2 is 2.00 bits per heavy atom. The molecule has 0 spiro atoms. The zero-order valence-electron chi connectivity index (χ0n) is 13.4. The molecular weight excluding hydrogens is 375 g/mol. The highest BCUT2D eigenvalue weighted by Gasteiger charge is 2.20. The molecule has 0 atom stereocenters. The summed E-state index contributed by atoms with van der Waals surface area (Å²) in [6, 6.07) is 9.80. The minimum absolute atomic E-state index is 0.106. The Morgan fingerprint density at radius 1 is 1.19 bits per heavy atom. The first-order valence-electron chi connectivity index (χ1n) is 7.58. The van der Waals surface area contributed by atoms with Crippen molar-refractivity contribution in [3.05, 3.63) is 75.1 Å². The van der Waals surface area contributed by atoms with Gasteiger partial charge in [-0.2, -0.15) is 0 Å². The molecule has 2 aromatic heterocycles. The number of fused-ring (bicyclic) bond motifs is 1. The number of halogens is 1. The minimum Gasteiger partial charge on any atom is -0.447 e. The number of nitro groups is 1. The molecule has 0 radical (unpaired) electrons. The van der Waals surface area contributed by atoms with Gasteiger partial charge < -0.3 is 9.72 Å². The number of ether oxygens (including phenoxy) is 1. The van der Waals surface area contributed by atoms with Crippen LogP contribution in [0.3, 0.4) is 0 Å². The van der Waals surface area contributed by atoms with Gasteiger partial charge in [0.15, 0.2) is 21.9 Å². The van der Waals surface area contributed by atoms with Crippen molar-refractivity contribution >= 4 is 27.4 Å². The summed E-state index contributed by atoms with van der Waals surface area (Å²) in [6.45, 7) is 0. The van der Waals surface area contributed by atoms with Crippen molar-refractivity contribution in [2.24, 2.45) is 0 Å². The van der Waals surface area contributed by atoms with Gasteiger partial charge in [-0.05, 0) is 24.3 Å². The van der Waals surface area contributed by atoms with Crippen LogP contribution < -0.4 is 10.3 Å². The summed E-state index contributed by atoms with van der Waals surface area (Å²) in [5.74, 6) is -0.859. The normalized spacial score (nSPS) is 10.9. The molecule has 27 heavy (non-hydrogen) atoms. The third-order valence-electron chi connectivity index (χ3n) is 3.66. The zero-order valence-corrected chi connectivity index (χ0v) is 14.2. The second-order valence-corrected chi connectivity index (χ2v) is 6.35. The Hall–Kier alpha value is -3.66. The van der Waals surface area contributed by atoms with Crippen molar-refractivity contribution in [3.8, 4) is 22.1 Å². The van der Waals surface area contributed by atoms with Gasteiger partial charge in [0.1, 0.15) is 5.01 Å². The lowest BCUT2D eigenvalue weighted by Crippen LogP contribution is -2.05. The number of nitrogens with one attached hydrogen (secondary N) is 1. The molecule has 10 heteroatoms. The maximum atomic E-state index is 13.8. The fourth-order valence-corrected chi connectivity index (χ4v) is 3.32. The molecule has 0 fully saturated rings. The van der Waals surface area contributed by atoms with Gasteiger partial charge in [-0.3, -0.25) is 14.9 Å². The quantitative estimate of drug-likeness (QED) is 0.422. The molecule has 4 aromatic rings. The van der Waals surface area contributed by atoms with Crippen LogP contribution in [0.4, 0.5) is 10.1 Å². The summed E-state index contributed by atoms with van der Waals surface area (Å²) in [4.78, 5) is 33.7. The van der Waals surface area contributed by atoms with E-state index in [4.69, 9.17) is 4.74 Å². The third kappa shape index (κ3) is 3.13. The number of aromatic amines is 1. The van der Waals surface area contributed by atoms with Crippen molar-refractivity contribution in [1.29, 1.82) is 0 Å². The van der Waals surface area contributed by atoms with Gasteiger partial charge in [-0.25, -0.2) is 14.4 Å². The van der Waals surface area contributed by atoms with Crippen LogP contribution >= 0.6 is 11.3 Å². The maximum absolute atomic E-state index is 13.8. The van der Waals surface area contributed by atoms with E-state index in [0.717, 1.165) is 11.3 Å². The standard InChI is InChI=1S/C17H9FN4O4S/c18-10-3-1-2-4-12(10)26-13-6-5-9(7-11(13)22(24)25)16-21-14-15(23)19-8-20-17(14)27-16/h1-8H,(H,19,20,23). The van der Waals surface area contributed by atoms with E-state index in [2.05, 4.69) is 15.0 Å². The maximum Gasteiger partial charge on any atom is 0.312 e. The summed E-state index contributed by atoms with van der Waals surface area (Å²) < 4.78 is 19.1. The smallest absolute Gasteiger partial charge is 0.312 e. The number of H-pyrrole nitrogens is 1. The van der Waals surface area contributed by atoms with E-state index in [-0.39, 0.29) is 22.7 Å². The van der Waals surface area contributed by atoms with Gasteiger partial charge in [0.25, 0.3) is 5.56 Å². The summed E-state index contributed by atoms with van der Waals surface area (Å²) >= 11 is 1.13. The first-order valence-corrected chi connectivity index (χ1v) is 8.40. The van der Waals surface area contributed by atoms with Gasteiger partial charge >= 0.3 is 5.69 Å². The Morgan fingerprint density at radius 3 is 2.74 bits per heavy atom. The SMILES string of the molecule is O=c1[nH]cnc2sc(-c3ccc(Oc4ccccc4F)c([N+](=O)[O-])c3)nc12. The average molecular weight is 384 g/mol. The van der Waals surface area contributed by atoms with Crippen LogP contribution in [-0.4, -0.2) is 19.9 Å². The molecular formula is C17H9FN4O4S. The van der Waals surface area contributed by atoms with E-state index in [1.54, 1.807) is 12.1 Å². The molecule has 0 saturated heterocycles. The summed E-state index contributed by atoms with van der Waals surface area (Å²) in [6.07, 6.45) is 1.26. The number of benzene rings is 2. The molecule has 0 unspecified atom stereocenters. The molecule has 0 amide bonds. The Kier molecular flexibility index (Phi) is 4.09. The lowest BCUT2D eigenvalue weighted by atomic mass is 10.2. The van der Waals surface area contributed by atoms with Crippen LogP contribution in [0.15, 0.2) is 53.6 Å². The second-order valence-electron chi connectivity index (χ2n) is 5.38. The third-order valence-corrected chi connectivity index (χ3v) is 4.67. The van der Waals surface area contributed by atoms with E-state index in [1.165, 1.54) is 36.7 Å². The average Bonchev–Trinajstić information content (AvgIpc) is 3.09. The highest BCUT2D eigenvalue weighted by molar-refractivity contribution is 7.21. The monoisotopic (exact) mass is 384 g/mol. The second kappa shape index (κ2) is 6.57. The Bertz CT molecular complexity index is 1240. The lowest BCUT2D eigenvalue weighted by molar-refractivity contribution is -0.385. The van der Waals surface area contributed by atoms with Crippen LogP contribution in [0.25, 0.3) is 20.9 Å². The first kappa shape index (κ1) is 16.8. The van der Waals surface area contributed by atoms with Crippen molar-refractivity contribution in [2.45, 2.75) is 0 Å². The lowest BCUT2D eigenvalue weighted by Gasteiger charge is -2.08. The van der Waals surface area contributed by atoms with E-state index in [9.17, 15) is 19.3 Å². The predicted molar refractivity (Wildman–Crippen MR) is 96.6 cm³/mol. The summed E-state index contributed by atoms with van der Waals surface area (Å²) in [5.41, 5.74) is -0.162. The van der Waals surface area contributed by atoms with E-state index >= 15 is 0 Å². The number of hydrogen-bond donors (Lipinski definition) is 1. The Labute approximate surface area is 154 Å². The number of aromatic nitrogens is 3. The number of hydrogen-bond acceptors (Lipinski definition) is 7. The first-order chi connectivity index (χ1) is 13.0. The van der Waals surface area contributed by atoms with Crippen LogP contribution in [0.1, 0.15) is 0 Å². The van der Waals surface area contributed by atoms with Gasteiger partial charge in [0.05, 0.1) is 11.3 Å². The number of nitrogens with zero attached hydrogens (tertiary/aromatic N) is 3. The van der Waals surface area contributed by atoms with Crippen molar-refractivity contribution in [2.75, 3.05) is 0 Å². The molecule has 0 bridgehead atoms. The molecule has 134 valence electrons. The molecule has 0 aliphatic heterocycles. The molecule has 2 heterocycles. The van der Waals surface area contributed by atoms with Gasteiger partial charge in [0, 0.05) is 11.6 Å². The fourth-order valence-electron chi connectivity index (χ4n) is 2.41. The van der Waals surface area contributed by atoms with Crippen LogP contribution in [0, 0.1) is 15.9 Å². The molecule has 0 aliphatic carbocycles. The zero-order chi connectivity index (χ0) is 19.0. The molecule has 8 nitrogen and oxygen atoms in total. The highest BCUT2D eigenvalue weighted by Crippen LogP contribution is 2.37. The van der Waals surface area contributed by atoms with Crippen molar-refractivity contribution < 1.29 is 14.1 Å². The molecule has 2 aromatic carbocycles. The molecule has 0 saturated carbocycles. The van der Waals surface area contributed by atoms with E-state index in [1.807, 2.05) is 0 Å². The van der Waals surface area contributed by atoms with E-state index in [0.29, 0.717) is 15.4 Å². The molecule has 1 N–H and O–H groups in total. The summed E-state index contributed by atoms with van der Waals surface area (Å²) in [7, 11) is 0. The van der Waals surface area contributed by atoms with Gasteiger partial charge in [-0.15, -0.1) is 0 Å². The largest absolute Gasteiger partial charge is 0.447 e. The number of para-hydroxylation sites is 1. The molecule has 4 rings (SSSR count). The minimum atomic E-state index is -0.632. The van der Waals surface area contributed by atoms with Crippen molar-refractivity contribution in [1.82, 2.24) is 15.0 Å². The highest BCUT2D eigenvalue weighted by atomic mass is 32.1. The number of nitro benzene ring substituents is 1. The predicted octanol–water partition coefficient (Wildman–Crippen LogP) is 3.89. The fraction of sp³-hybridized carbons (Fsp3) is 0. The molecule has 0 aliphatic rings. The Balaban J connectivity index is 1.78. The van der Waals surface area contributed by atoms with Crippen LogP contribution in [0.5, 0.6) is 11.5 Å². The van der Waals surface area contributed by atoms with Crippen LogP contribution in [-0.2, 0) is 0 Å².